The maximum absolute atomic E-state index is 5.73. The van der Waals surface area contributed by atoms with E-state index in [0.717, 1.165) is 29.9 Å². The van der Waals surface area contributed by atoms with E-state index in [-0.39, 0.29) is 0 Å². The molecule has 0 fully saturated rings. The standard InChI is InChI=1S/C15H20N4/c16-9-12-3-1-4-13(7-12)10-18-19-11-14-5-2-6-15(17)8-14/h1-8,18-19H,9-11,16-17H2. The highest BCUT2D eigenvalue weighted by Crippen LogP contribution is 2.06. The van der Waals surface area contributed by atoms with E-state index in [1.54, 1.807) is 0 Å². The Balaban J connectivity index is 1.77. The maximum atomic E-state index is 5.73. The summed E-state index contributed by atoms with van der Waals surface area (Å²) in [4.78, 5) is 0. The molecule has 0 aliphatic heterocycles. The average molecular weight is 256 g/mol. The minimum absolute atomic E-state index is 0.574. The first-order chi connectivity index (χ1) is 9.28. The monoisotopic (exact) mass is 256 g/mol. The molecule has 0 atom stereocenters. The molecule has 100 valence electrons. The van der Waals surface area contributed by atoms with Gasteiger partial charge in [0.2, 0.25) is 0 Å². The van der Waals surface area contributed by atoms with Gasteiger partial charge in [0, 0.05) is 25.3 Å². The highest BCUT2D eigenvalue weighted by Gasteiger charge is 1.95. The SMILES string of the molecule is NCc1cccc(CNNCc2cccc(N)c2)c1. The van der Waals surface area contributed by atoms with Crippen molar-refractivity contribution >= 4 is 5.69 Å². The third-order valence-electron chi connectivity index (χ3n) is 2.89. The van der Waals surface area contributed by atoms with E-state index in [1.807, 2.05) is 36.4 Å². The molecule has 6 N–H and O–H groups in total. The second kappa shape index (κ2) is 6.89. The van der Waals surface area contributed by atoms with Crippen molar-refractivity contribution in [1.29, 1.82) is 0 Å². The highest BCUT2D eigenvalue weighted by molar-refractivity contribution is 5.40. The van der Waals surface area contributed by atoms with E-state index in [1.165, 1.54) is 5.56 Å². The van der Waals surface area contributed by atoms with Crippen molar-refractivity contribution in [2.45, 2.75) is 19.6 Å². The molecule has 2 aromatic rings. The Morgan fingerprint density at radius 2 is 1.37 bits per heavy atom. The first-order valence-electron chi connectivity index (χ1n) is 6.36. The molecule has 0 amide bonds. The molecule has 0 spiro atoms. The van der Waals surface area contributed by atoms with Gasteiger partial charge in [-0.15, -0.1) is 0 Å². The molecule has 0 saturated heterocycles. The van der Waals surface area contributed by atoms with E-state index in [0.29, 0.717) is 6.54 Å². The fraction of sp³-hybridized carbons (Fsp3) is 0.200. The van der Waals surface area contributed by atoms with Crippen LogP contribution in [0.15, 0.2) is 48.5 Å². The quantitative estimate of drug-likeness (QED) is 0.359. The number of nitrogens with two attached hydrogens (primary N) is 2. The molecule has 0 aromatic heterocycles. The van der Waals surface area contributed by atoms with Gasteiger partial charge in [-0.3, -0.25) is 10.9 Å². The molecule has 2 aromatic carbocycles. The Morgan fingerprint density at radius 1 is 0.789 bits per heavy atom. The van der Waals surface area contributed by atoms with Crippen LogP contribution >= 0.6 is 0 Å². The number of anilines is 1. The van der Waals surface area contributed by atoms with Crippen molar-refractivity contribution in [3.63, 3.8) is 0 Å². The largest absolute Gasteiger partial charge is 0.399 e. The van der Waals surface area contributed by atoms with Crippen molar-refractivity contribution in [2.24, 2.45) is 5.73 Å². The first kappa shape index (κ1) is 13.5. The van der Waals surface area contributed by atoms with E-state index < -0.39 is 0 Å². The van der Waals surface area contributed by atoms with Crippen LogP contribution in [0.25, 0.3) is 0 Å². The lowest BCUT2D eigenvalue weighted by Crippen LogP contribution is -2.30. The molecule has 0 unspecified atom stereocenters. The van der Waals surface area contributed by atoms with Crippen LogP contribution < -0.4 is 22.3 Å². The second-order valence-corrected chi connectivity index (χ2v) is 4.48. The Bertz CT molecular complexity index is 525. The predicted molar refractivity (Wildman–Crippen MR) is 78.9 cm³/mol. The van der Waals surface area contributed by atoms with Crippen LogP contribution in [0.3, 0.4) is 0 Å². The summed E-state index contributed by atoms with van der Waals surface area (Å²) in [6.45, 7) is 2.07. The van der Waals surface area contributed by atoms with Crippen LogP contribution in [0.5, 0.6) is 0 Å². The van der Waals surface area contributed by atoms with Gasteiger partial charge >= 0.3 is 0 Å². The molecule has 19 heavy (non-hydrogen) atoms. The topological polar surface area (TPSA) is 76.1 Å². The average Bonchev–Trinajstić information content (AvgIpc) is 2.44. The number of benzene rings is 2. The van der Waals surface area contributed by atoms with Crippen molar-refractivity contribution in [3.8, 4) is 0 Å². The first-order valence-corrected chi connectivity index (χ1v) is 6.36. The van der Waals surface area contributed by atoms with E-state index in [9.17, 15) is 0 Å². The Labute approximate surface area is 113 Å². The lowest BCUT2D eigenvalue weighted by atomic mass is 10.1. The molecule has 4 nitrogen and oxygen atoms in total. The maximum Gasteiger partial charge on any atom is 0.0351 e. The summed E-state index contributed by atoms with van der Waals surface area (Å²) in [5, 5.41) is 0. The van der Waals surface area contributed by atoms with Gasteiger partial charge in [0.15, 0.2) is 0 Å². The Hall–Kier alpha value is -1.88. The Kier molecular flexibility index (Phi) is 4.92. The number of hydrogen-bond acceptors (Lipinski definition) is 4. The molecule has 0 aliphatic carbocycles. The number of nitrogen functional groups attached to an aromatic ring is 1. The summed E-state index contributed by atoms with van der Waals surface area (Å²) >= 11 is 0. The molecule has 0 heterocycles. The zero-order valence-corrected chi connectivity index (χ0v) is 10.9. The summed E-state index contributed by atoms with van der Waals surface area (Å²) < 4.78 is 0. The molecule has 0 radical (unpaired) electrons. The summed E-state index contributed by atoms with van der Waals surface area (Å²) in [6, 6.07) is 16.1. The van der Waals surface area contributed by atoms with Crippen LogP contribution in [-0.2, 0) is 19.6 Å². The fourth-order valence-electron chi connectivity index (χ4n) is 1.90. The highest BCUT2D eigenvalue weighted by atomic mass is 15.3. The zero-order valence-electron chi connectivity index (χ0n) is 10.9. The van der Waals surface area contributed by atoms with Gasteiger partial charge in [-0.05, 0) is 28.8 Å². The van der Waals surface area contributed by atoms with Gasteiger partial charge in [-0.25, -0.2) is 0 Å². The Morgan fingerprint density at radius 3 is 2.00 bits per heavy atom. The molecule has 0 aliphatic rings. The molecule has 2 rings (SSSR count). The summed E-state index contributed by atoms with van der Waals surface area (Å²) in [5.41, 5.74) is 22.0. The van der Waals surface area contributed by atoms with Gasteiger partial charge < -0.3 is 11.5 Å². The van der Waals surface area contributed by atoms with Gasteiger partial charge in [0.05, 0.1) is 0 Å². The zero-order chi connectivity index (χ0) is 13.5. The van der Waals surface area contributed by atoms with E-state index >= 15 is 0 Å². The predicted octanol–water partition coefficient (Wildman–Crippen LogP) is 1.52. The third kappa shape index (κ3) is 4.37. The number of nitrogens with one attached hydrogen (secondary N) is 2. The number of hydrogen-bond donors (Lipinski definition) is 4. The number of rotatable bonds is 6. The third-order valence-corrected chi connectivity index (χ3v) is 2.89. The van der Waals surface area contributed by atoms with E-state index in [4.69, 9.17) is 11.5 Å². The van der Waals surface area contributed by atoms with E-state index in [2.05, 4.69) is 23.0 Å². The lowest BCUT2D eigenvalue weighted by Gasteiger charge is -2.08. The fourth-order valence-corrected chi connectivity index (χ4v) is 1.90. The van der Waals surface area contributed by atoms with Gasteiger partial charge in [0.25, 0.3) is 0 Å². The second-order valence-electron chi connectivity index (χ2n) is 4.48. The van der Waals surface area contributed by atoms with Crippen molar-refractivity contribution in [3.05, 3.63) is 65.2 Å². The smallest absolute Gasteiger partial charge is 0.0351 e. The van der Waals surface area contributed by atoms with Crippen LogP contribution in [-0.4, -0.2) is 0 Å². The van der Waals surface area contributed by atoms with Crippen LogP contribution in [0.4, 0.5) is 5.69 Å². The molecule has 0 saturated carbocycles. The lowest BCUT2D eigenvalue weighted by molar-refractivity contribution is 0.529. The summed E-state index contributed by atoms with van der Waals surface area (Å²) in [5.74, 6) is 0. The molecular weight excluding hydrogens is 236 g/mol. The summed E-state index contributed by atoms with van der Waals surface area (Å²) in [6.07, 6.45) is 0. The molecule has 4 heteroatoms. The van der Waals surface area contributed by atoms with Crippen LogP contribution in [0, 0.1) is 0 Å². The van der Waals surface area contributed by atoms with Gasteiger partial charge in [0.1, 0.15) is 0 Å². The molecule has 0 bridgehead atoms. The van der Waals surface area contributed by atoms with Gasteiger partial charge in [-0.2, -0.15) is 0 Å². The molecular formula is C15H20N4. The van der Waals surface area contributed by atoms with Crippen molar-refractivity contribution in [2.75, 3.05) is 5.73 Å². The van der Waals surface area contributed by atoms with Crippen LogP contribution in [0.1, 0.15) is 16.7 Å². The normalized spacial score (nSPS) is 10.6. The van der Waals surface area contributed by atoms with Gasteiger partial charge in [-0.1, -0.05) is 36.4 Å². The minimum atomic E-state index is 0.574. The van der Waals surface area contributed by atoms with Crippen molar-refractivity contribution < 1.29 is 0 Å². The number of hydrazine groups is 1. The van der Waals surface area contributed by atoms with Crippen LogP contribution in [0.2, 0.25) is 0 Å². The summed E-state index contributed by atoms with van der Waals surface area (Å²) in [7, 11) is 0. The minimum Gasteiger partial charge on any atom is -0.399 e. The van der Waals surface area contributed by atoms with Crippen molar-refractivity contribution in [1.82, 2.24) is 10.9 Å².